The number of hydrogen-bond donors (Lipinski definition) is 3. The van der Waals surface area contributed by atoms with Crippen molar-refractivity contribution in [2.45, 2.75) is 80.5 Å². The first-order chi connectivity index (χ1) is 21.0. The van der Waals surface area contributed by atoms with E-state index in [9.17, 15) is 14.4 Å². The SMILES string of the molecule is O=C1NC2CSC(CCCCC(=O)N3CCC(c4nc(C(=O)N5CCC(c6c[nH]c7ccccc67)CC5)cs4)CC3)C2N1. The van der Waals surface area contributed by atoms with Gasteiger partial charge in [0.25, 0.3) is 5.91 Å². The average Bonchev–Trinajstić information content (AvgIpc) is 3.84. The van der Waals surface area contributed by atoms with Gasteiger partial charge in [-0.15, -0.1) is 11.3 Å². The Labute approximate surface area is 260 Å². The molecule has 4 aliphatic rings. The van der Waals surface area contributed by atoms with E-state index in [2.05, 4.69) is 46.1 Å². The average molecular weight is 621 g/mol. The number of carbonyl (C=O) groups is 3. The highest BCUT2D eigenvalue weighted by Crippen LogP contribution is 2.36. The van der Waals surface area contributed by atoms with Crippen LogP contribution in [-0.2, 0) is 4.79 Å². The highest BCUT2D eigenvalue weighted by atomic mass is 32.2. The number of likely N-dealkylation sites (tertiary alicyclic amines) is 2. The van der Waals surface area contributed by atoms with Crippen LogP contribution in [0.1, 0.15) is 84.3 Å². The van der Waals surface area contributed by atoms with Gasteiger partial charge < -0.3 is 25.4 Å². The summed E-state index contributed by atoms with van der Waals surface area (Å²) in [5, 5.41) is 10.7. The molecule has 4 fully saturated rings. The van der Waals surface area contributed by atoms with Gasteiger partial charge in [0.05, 0.1) is 17.1 Å². The lowest BCUT2D eigenvalue weighted by atomic mass is 9.89. The van der Waals surface area contributed by atoms with Gasteiger partial charge in [0, 0.05) is 72.0 Å². The normalized spacial score (nSPS) is 24.7. The zero-order valence-corrected chi connectivity index (χ0v) is 26.1. The summed E-state index contributed by atoms with van der Waals surface area (Å²) in [5.41, 5.74) is 3.11. The summed E-state index contributed by atoms with van der Waals surface area (Å²) in [7, 11) is 0. The number of H-pyrrole nitrogens is 1. The van der Waals surface area contributed by atoms with Crippen LogP contribution in [0.25, 0.3) is 10.9 Å². The van der Waals surface area contributed by atoms with Crippen LogP contribution in [0.4, 0.5) is 4.79 Å². The number of benzene rings is 1. The third kappa shape index (κ3) is 6.02. The molecule has 43 heavy (non-hydrogen) atoms. The Balaban J connectivity index is 0.837. The molecule has 3 atom stereocenters. The molecule has 0 aliphatic carbocycles. The lowest BCUT2D eigenvalue weighted by Crippen LogP contribution is -2.38. The zero-order valence-electron chi connectivity index (χ0n) is 24.4. The number of urea groups is 1. The third-order valence-electron chi connectivity index (χ3n) is 9.85. The van der Waals surface area contributed by atoms with Crippen molar-refractivity contribution in [3.05, 3.63) is 52.1 Å². The molecule has 0 radical (unpaired) electrons. The molecule has 4 aliphatic heterocycles. The number of para-hydroxylation sites is 1. The second kappa shape index (κ2) is 12.5. The molecule has 3 N–H and O–H groups in total. The molecule has 0 spiro atoms. The molecule has 1 aromatic carbocycles. The number of thiazole rings is 1. The molecule has 11 heteroatoms. The fourth-order valence-corrected chi connectivity index (χ4v) is 9.87. The van der Waals surface area contributed by atoms with Crippen molar-refractivity contribution >= 4 is 51.8 Å². The van der Waals surface area contributed by atoms with Crippen LogP contribution in [0, 0.1) is 0 Å². The number of piperidine rings is 2. The van der Waals surface area contributed by atoms with Gasteiger partial charge in [-0.2, -0.15) is 11.8 Å². The number of hydrogen-bond acceptors (Lipinski definition) is 6. The van der Waals surface area contributed by atoms with Gasteiger partial charge in [0.15, 0.2) is 0 Å². The van der Waals surface area contributed by atoms with Gasteiger partial charge in [-0.1, -0.05) is 24.6 Å². The number of aromatic nitrogens is 2. The molecule has 6 heterocycles. The van der Waals surface area contributed by atoms with Crippen molar-refractivity contribution in [2.75, 3.05) is 31.9 Å². The van der Waals surface area contributed by atoms with E-state index < -0.39 is 0 Å². The maximum atomic E-state index is 13.3. The number of rotatable bonds is 8. The van der Waals surface area contributed by atoms with Crippen molar-refractivity contribution < 1.29 is 14.4 Å². The second-order valence-electron chi connectivity index (χ2n) is 12.4. The molecule has 4 saturated heterocycles. The fourth-order valence-electron chi connectivity index (χ4n) is 7.36. The molecule has 3 aromatic rings. The van der Waals surface area contributed by atoms with Gasteiger partial charge in [0.1, 0.15) is 5.69 Å². The van der Waals surface area contributed by atoms with E-state index in [0.29, 0.717) is 29.2 Å². The minimum atomic E-state index is -0.0442. The predicted molar refractivity (Wildman–Crippen MR) is 171 cm³/mol. The smallest absolute Gasteiger partial charge is 0.315 e. The summed E-state index contributed by atoms with van der Waals surface area (Å²) < 4.78 is 0. The number of thioether (sulfide) groups is 1. The first-order valence-electron chi connectivity index (χ1n) is 15.8. The zero-order chi connectivity index (χ0) is 29.3. The number of nitrogens with zero attached hydrogens (tertiary/aromatic N) is 3. The van der Waals surface area contributed by atoms with Gasteiger partial charge >= 0.3 is 6.03 Å². The van der Waals surface area contributed by atoms with E-state index in [1.807, 2.05) is 26.9 Å². The number of carbonyl (C=O) groups excluding carboxylic acids is 3. The molecule has 0 bridgehead atoms. The van der Waals surface area contributed by atoms with Gasteiger partial charge in [-0.05, 0) is 56.1 Å². The summed E-state index contributed by atoms with van der Waals surface area (Å²) in [6, 6.07) is 8.88. The third-order valence-corrected chi connectivity index (χ3v) is 12.4. The number of aromatic amines is 1. The minimum Gasteiger partial charge on any atom is -0.361 e. The van der Waals surface area contributed by atoms with Crippen LogP contribution in [0.15, 0.2) is 35.8 Å². The Hall–Kier alpha value is -3.05. The molecule has 3 unspecified atom stereocenters. The Morgan fingerprint density at radius 1 is 0.953 bits per heavy atom. The fraction of sp³-hybridized carbons (Fsp3) is 0.562. The van der Waals surface area contributed by atoms with Crippen molar-refractivity contribution in [3.8, 4) is 0 Å². The molecule has 228 valence electrons. The van der Waals surface area contributed by atoms with Crippen LogP contribution in [-0.4, -0.2) is 86.9 Å². The second-order valence-corrected chi connectivity index (χ2v) is 14.6. The first kappa shape index (κ1) is 28.7. The number of nitrogens with one attached hydrogen (secondary N) is 3. The monoisotopic (exact) mass is 620 g/mol. The number of amides is 4. The van der Waals surface area contributed by atoms with E-state index in [0.717, 1.165) is 81.9 Å². The van der Waals surface area contributed by atoms with Crippen molar-refractivity contribution in [3.63, 3.8) is 0 Å². The van der Waals surface area contributed by atoms with Gasteiger partial charge in [-0.3, -0.25) is 9.59 Å². The molecular weight excluding hydrogens is 581 g/mol. The first-order valence-corrected chi connectivity index (χ1v) is 17.7. The van der Waals surface area contributed by atoms with Crippen LogP contribution < -0.4 is 10.6 Å². The van der Waals surface area contributed by atoms with E-state index in [4.69, 9.17) is 4.98 Å². The molecular formula is C32H40N6O3S2. The molecule has 9 nitrogen and oxygen atoms in total. The van der Waals surface area contributed by atoms with Crippen LogP contribution in [0.2, 0.25) is 0 Å². The van der Waals surface area contributed by atoms with Crippen LogP contribution in [0.5, 0.6) is 0 Å². The topological polar surface area (TPSA) is 110 Å². The molecule has 7 rings (SSSR count). The van der Waals surface area contributed by atoms with Crippen LogP contribution >= 0.6 is 23.1 Å². The van der Waals surface area contributed by atoms with E-state index in [-0.39, 0.29) is 29.9 Å². The highest BCUT2D eigenvalue weighted by molar-refractivity contribution is 8.00. The van der Waals surface area contributed by atoms with Gasteiger partial charge in [0.2, 0.25) is 5.91 Å². The van der Waals surface area contributed by atoms with E-state index in [1.54, 1.807) is 11.3 Å². The maximum absolute atomic E-state index is 13.3. The highest BCUT2D eigenvalue weighted by Gasteiger charge is 2.42. The van der Waals surface area contributed by atoms with Crippen molar-refractivity contribution in [2.24, 2.45) is 0 Å². The van der Waals surface area contributed by atoms with Gasteiger partial charge in [-0.25, -0.2) is 9.78 Å². The molecule has 2 aromatic heterocycles. The summed E-state index contributed by atoms with van der Waals surface area (Å²) in [6.45, 7) is 3.02. The Morgan fingerprint density at radius 3 is 2.56 bits per heavy atom. The summed E-state index contributed by atoms with van der Waals surface area (Å²) in [4.78, 5) is 49.9. The predicted octanol–water partition coefficient (Wildman–Crippen LogP) is 5.08. The minimum absolute atomic E-state index is 0.0442. The largest absolute Gasteiger partial charge is 0.361 e. The molecule has 4 amide bonds. The Morgan fingerprint density at radius 2 is 1.72 bits per heavy atom. The Kier molecular flexibility index (Phi) is 8.35. The Bertz CT molecular complexity index is 1470. The number of fused-ring (bicyclic) bond motifs is 2. The van der Waals surface area contributed by atoms with Crippen molar-refractivity contribution in [1.29, 1.82) is 0 Å². The van der Waals surface area contributed by atoms with E-state index in [1.165, 1.54) is 16.5 Å². The van der Waals surface area contributed by atoms with Crippen LogP contribution in [0.3, 0.4) is 0 Å². The summed E-state index contributed by atoms with van der Waals surface area (Å²) in [6.07, 6.45) is 9.40. The van der Waals surface area contributed by atoms with E-state index >= 15 is 0 Å². The number of unbranched alkanes of at least 4 members (excludes halogenated alkanes) is 1. The summed E-state index contributed by atoms with van der Waals surface area (Å²) >= 11 is 3.52. The lowest BCUT2D eigenvalue weighted by molar-refractivity contribution is -0.132. The quantitative estimate of drug-likeness (QED) is 0.241. The van der Waals surface area contributed by atoms with Crippen molar-refractivity contribution in [1.82, 2.24) is 30.4 Å². The summed E-state index contributed by atoms with van der Waals surface area (Å²) in [5.74, 6) is 2.04. The maximum Gasteiger partial charge on any atom is 0.315 e. The molecule has 0 saturated carbocycles. The standard InChI is InChI=1S/C32H40N6O3S2/c39-28(8-4-3-7-27-29-25(18-42-27)35-32(41)36-29)37-13-11-21(12-14-37)30-34-26(19-43-30)31(40)38-15-9-20(10-16-38)23-17-33-24-6-2-1-5-22(23)24/h1-2,5-6,17,19-21,25,27,29,33H,3-4,7-16,18H2,(H2,35,36,41). The lowest BCUT2D eigenvalue weighted by Gasteiger charge is -2.32.